The van der Waals surface area contributed by atoms with Crippen LogP contribution in [0.1, 0.15) is 13.8 Å². The summed E-state index contributed by atoms with van der Waals surface area (Å²) < 4.78 is 0. The van der Waals surface area contributed by atoms with Gasteiger partial charge in [0.25, 0.3) is 0 Å². The number of para-hydroxylation sites is 1. The Morgan fingerprint density at radius 2 is 1.68 bits per heavy atom. The van der Waals surface area contributed by atoms with Crippen LogP contribution in [0, 0.1) is 5.41 Å². The Bertz CT molecular complexity index is 425. The van der Waals surface area contributed by atoms with E-state index in [4.69, 9.17) is 0 Å². The standard InChI is InChI=1S/C12H14N2O.2ClH.H4N2/c1-11-8-14(9-6-4-3-5-7-9)13-12(11,2)10(11)15;;;1-2/h3-7,13H,8H2,1-2H3;2*1H;1-2H2. The highest BCUT2D eigenvalue weighted by atomic mass is 35.5. The van der Waals surface area contributed by atoms with Crippen LogP contribution in [0.4, 0.5) is 5.69 Å². The van der Waals surface area contributed by atoms with Crippen molar-refractivity contribution < 1.29 is 4.79 Å². The van der Waals surface area contributed by atoms with Crippen molar-refractivity contribution in [1.82, 2.24) is 5.43 Å². The van der Waals surface area contributed by atoms with Crippen LogP contribution in [0.3, 0.4) is 0 Å². The number of halogens is 2. The molecule has 1 saturated carbocycles. The lowest BCUT2D eigenvalue weighted by Crippen LogP contribution is -2.41. The van der Waals surface area contributed by atoms with Crippen LogP contribution < -0.4 is 22.1 Å². The summed E-state index contributed by atoms with van der Waals surface area (Å²) in [4.78, 5) is 11.6. The van der Waals surface area contributed by atoms with E-state index in [1.807, 2.05) is 32.0 Å². The van der Waals surface area contributed by atoms with Gasteiger partial charge in [-0.15, -0.1) is 24.8 Å². The number of nitrogens with zero attached hydrogens (tertiary/aromatic N) is 1. The van der Waals surface area contributed by atoms with Crippen molar-refractivity contribution in [3.05, 3.63) is 30.3 Å². The summed E-state index contributed by atoms with van der Waals surface area (Å²) in [5.74, 6) is 8.34. The average Bonchev–Trinajstić information content (AvgIpc) is 2.66. The number of hydrogen-bond acceptors (Lipinski definition) is 5. The number of ketones is 1. The molecule has 1 aromatic carbocycles. The first-order valence-electron chi connectivity index (χ1n) is 5.57. The van der Waals surface area contributed by atoms with Gasteiger partial charge in [-0.3, -0.25) is 16.5 Å². The zero-order chi connectivity index (χ0) is 12.7. The third kappa shape index (κ3) is 2.44. The summed E-state index contributed by atoms with van der Waals surface area (Å²) in [7, 11) is 0. The number of rotatable bonds is 1. The maximum absolute atomic E-state index is 11.6. The number of benzene rings is 1. The number of carbonyl (C=O) groups excluding carboxylic acids is 1. The Morgan fingerprint density at radius 1 is 1.16 bits per heavy atom. The molecule has 0 bridgehead atoms. The van der Waals surface area contributed by atoms with Crippen LogP contribution in [-0.2, 0) is 4.79 Å². The number of hydrogen-bond donors (Lipinski definition) is 3. The van der Waals surface area contributed by atoms with E-state index in [9.17, 15) is 4.79 Å². The molecule has 1 saturated heterocycles. The molecule has 19 heavy (non-hydrogen) atoms. The molecule has 108 valence electrons. The minimum absolute atomic E-state index is 0. The van der Waals surface area contributed by atoms with Crippen molar-refractivity contribution in [1.29, 1.82) is 0 Å². The summed E-state index contributed by atoms with van der Waals surface area (Å²) in [5.41, 5.74) is 3.90. The SMILES string of the molecule is CC12CN(c3ccccc3)NC1(C)C2=O.Cl.Cl.NN. The van der Waals surface area contributed by atoms with E-state index in [0.29, 0.717) is 5.78 Å². The molecule has 5 N–H and O–H groups in total. The van der Waals surface area contributed by atoms with E-state index < -0.39 is 0 Å². The molecule has 1 aliphatic carbocycles. The van der Waals surface area contributed by atoms with Crippen LogP contribution in [0.5, 0.6) is 0 Å². The highest BCUT2D eigenvalue weighted by Crippen LogP contribution is 2.56. The number of nitrogens with two attached hydrogens (primary N) is 2. The summed E-state index contributed by atoms with van der Waals surface area (Å²) in [6.45, 7) is 4.79. The minimum atomic E-state index is -0.331. The summed E-state index contributed by atoms with van der Waals surface area (Å²) in [5, 5.41) is 2.07. The number of carbonyl (C=O) groups is 1. The van der Waals surface area contributed by atoms with Gasteiger partial charge in [0.15, 0.2) is 5.78 Å². The molecule has 2 aliphatic rings. The van der Waals surface area contributed by atoms with Crippen molar-refractivity contribution >= 4 is 36.3 Å². The summed E-state index contributed by atoms with van der Waals surface area (Å²) >= 11 is 0. The molecule has 1 heterocycles. The van der Waals surface area contributed by atoms with Crippen LogP contribution in [0.25, 0.3) is 0 Å². The highest BCUT2D eigenvalue weighted by molar-refractivity contribution is 6.13. The fourth-order valence-electron chi connectivity index (χ4n) is 2.50. The van der Waals surface area contributed by atoms with Crippen molar-refractivity contribution in [2.75, 3.05) is 11.6 Å². The molecule has 7 heteroatoms. The van der Waals surface area contributed by atoms with E-state index in [1.54, 1.807) is 0 Å². The fraction of sp³-hybridized carbons (Fsp3) is 0.417. The maximum Gasteiger partial charge on any atom is 0.165 e. The molecule has 2 fully saturated rings. The van der Waals surface area contributed by atoms with Gasteiger partial charge in [-0.25, -0.2) is 5.43 Å². The van der Waals surface area contributed by atoms with Crippen molar-refractivity contribution in [2.45, 2.75) is 19.4 Å². The number of fused-ring (bicyclic) bond motifs is 1. The van der Waals surface area contributed by atoms with Gasteiger partial charge in [0.05, 0.1) is 11.1 Å². The molecule has 3 rings (SSSR count). The first kappa shape index (κ1) is 18.1. The zero-order valence-corrected chi connectivity index (χ0v) is 12.6. The predicted octanol–water partition coefficient (Wildman–Crippen LogP) is 1.02. The molecular formula is C12H20Cl2N4O. The predicted molar refractivity (Wildman–Crippen MR) is 81.3 cm³/mol. The Kier molecular flexibility index (Phi) is 5.80. The van der Waals surface area contributed by atoms with Crippen LogP contribution in [0.2, 0.25) is 0 Å². The van der Waals surface area contributed by atoms with Crippen LogP contribution in [0.15, 0.2) is 30.3 Å². The van der Waals surface area contributed by atoms with Gasteiger partial charge in [-0.05, 0) is 26.0 Å². The Labute approximate surface area is 125 Å². The fourth-order valence-corrected chi connectivity index (χ4v) is 2.50. The van der Waals surface area contributed by atoms with Gasteiger partial charge in [-0.1, -0.05) is 18.2 Å². The van der Waals surface area contributed by atoms with E-state index in [-0.39, 0.29) is 35.8 Å². The lowest BCUT2D eigenvalue weighted by atomic mass is 10.1. The molecule has 0 aromatic heterocycles. The lowest BCUT2D eigenvalue weighted by Gasteiger charge is -2.22. The second kappa shape index (κ2) is 6.07. The molecule has 0 spiro atoms. The van der Waals surface area contributed by atoms with Crippen molar-refractivity contribution in [3.8, 4) is 0 Å². The van der Waals surface area contributed by atoms with Crippen molar-refractivity contribution in [2.24, 2.45) is 17.1 Å². The number of nitrogens with one attached hydrogen (secondary N) is 1. The normalized spacial score (nSPS) is 30.3. The lowest BCUT2D eigenvalue weighted by molar-refractivity contribution is -0.114. The van der Waals surface area contributed by atoms with Crippen molar-refractivity contribution in [3.63, 3.8) is 0 Å². The van der Waals surface area contributed by atoms with Gasteiger partial charge >= 0.3 is 0 Å². The molecular weight excluding hydrogens is 287 g/mol. The first-order chi connectivity index (χ1) is 8.08. The third-order valence-electron chi connectivity index (χ3n) is 3.90. The second-order valence-corrected chi connectivity index (χ2v) is 4.82. The quantitative estimate of drug-likeness (QED) is 0.533. The number of Topliss-reactive ketones (excluding diaryl/α,β-unsaturated/α-hetero) is 1. The monoisotopic (exact) mass is 306 g/mol. The molecule has 0 radical (unpaired) electrons. The number of anilines is 1. The molecule has 2 unspecified atom stereocenters. The topological polar surface area (TPSA) is 84.4 Å². The Morgan fingerprint density at radius 3 is 2.11 bits per heavy atom. The van der Waals surface area contributed by atoms with E-state index in [1.165, 1.54) is 0 Å². The Hall–Kier alpha value is -0.850. The molecule has 0 amide bonds. The molecule has 1 aromatic rings. The maximum atomic E-state index is 11.6. The minimum Gasteiger partial charge on any atom is -0.306 e. The first-order valence-corrected chi connectivity index (χ1v) is 5.57. The zero-order valence-electron chi connectivity index (χ0n) is 10.9. The molecule has 2 atom stereocenters. The van der Waals surface area contributed by atoms with E-state index in [0.717, 1.165) is 12.2 Å². The molecule has 5 nitrogen and oxygen atoms in total. The van der Waals surface area contributed by atoms with E-state index in [2.05, 4.69) is 34.3 Å². The van der Waals surface area contributed by atoms with Crippen LogP contribution >= 0.6 is 24.8 Å². The Balaban J connectivity index is 0.000000776. The van der Waals surface area contributed by atoms with Gasteiger partial charge in [0.2, 0.25) is 0 Å². The highest BCUT2D eigenvalue weighted by Gasteiger charge is 2.76. The average molecular weight is 307 g/mol. The van der Waals surface area contributed by atoms with E-state index >= 15 is 0 Å². The third-order valence-corrected chi connectivity index (χ3v) is 3.90. The molecule has 1 aliphatic heterocycles. The van der Waals surface area contributed by atoms with Gasteiger partial charge < -0.3 is 5.01 Å². The van der Waals surface area contributed by atoms with Gasteiger partial charge in [0, 0.05) is 6.54 Å². The van der Waals surface area contributed by atoms with Crippen LogP contribution in [-0.4, -0.2) is 17.9 Å². The number of hydrazine groups is 2. The smallest absolute Gasteiger partial charge is 0.165 e. The largest absolute Gasteiger partial charge is 0.306 e. The summed E-state index contributed by atoms with van der Waals surface area (Å²) in [6, 6.07) is 10.1. The second-order valence-electron chi connectivity index (χ2n) is 4.82. The van der Waals surface area contributed by atoms with Gasteiger partial charge in [0.1, 0.15) is 5.54 Å². The summed E-state index contributed by atoms with van der Waals surface area (Å²) in [6.07, 6.45) is 0. The van der Waals surface area contributed by atoms with Gasteiger partial charge in [-0.2, -0.15) is 0 Å².